The highest BCUT2D eigenvalue weighted by molar-refractivity contribution is 5.95. The Balaban J connectivity index is 2.23. The van der Waals surface area contributed by atoms with Crippen LogP contribution in [-0.2, 0) is 0 Å². The molecule has 0 spiro atoms. The van der Waals surface area contributed by atoms with Gasteiger partial charge in [0, 0.05) is 19.7 Å². The molecule has 0 saturated heterocycles. The first-order valence-corrected chi connectivity index (χ1v) is 5.92. The molecule has 0 aliphatic carbocycles. The Morgan fingerprint density at radius 3 is 2.37 bits per heavy atom. The fraction of sp³-hybridized carbons (Fsp3) is 0.133. The van der Waals surface area contributed by atoms with E-state index >= 15 is 0 Å². The van der Waals surface area contributed by atoms with Crippen LogP contribution in [-0.4, -0.2) is 24.9 Å². The first kappa shape index (κ1) is 13.0. The monoisotopic (exact) mass is 256 g/mol. The summed E-state index contributed by atoms with van der Waals surface area (Å²) >= 11 is 0. The predicted molar refractivity (Wildman–Crippen MR) is 75.4 cm³/mol. The summed E-state index contributed by atoms with van der Waals surface area (Å²) in [6, 6.07) is 14.4. The Hall–Kier alpha value is -2.49. The van der Waals surface area contributed by atoms with E-state index in [0.29, 0.717) is 22.7 Å². The summed E-state index contributed by atoms with van der Waals surface area (Å²) in [6.45, 7) is 0. The molecule has 4 nitrogen and oxygen atoms in total. The minimum absolute atomic E-state index is 0.0852. The highest BCUT2D eigenvalue weighted by atomic mass is 16.5. The summed E-state index contributed by atoms with van der Waals surface area (Å²) in [7, 11) is 3.40. The van der Waals surface area contributed by atoms with Crippen LogP contribution in [0.4, 0.5) is 5.69 Å². The van der Waals surface area contributed by atoms with E-state index in [1.165, 1.54) is 4.90 Å². The topological polar surface area (TPSA) is 55.6 Å². The van der Waals surface area contributed by atoms with Crippen molar-refractivity contribution < 1.29 is 9.53 Å². The van der Waals surface area contributed by atoms with Gasteiger partial charge in [0.05, 0.1) is 5.69 Å². The van der Waals surface area contributed by atoms with Crippen LogP contribution in [0.2, 0.25) is 0 Å². The maximum absolute atomic E-state index is 11.8. The molecular formula is C15H16N2O2. The zero-order valence-electron chi connectivity index (χ0n) is 11.0. The molecule has 4 heteroatoms. The van der Waals surface area contributed by atoms with Gasteiger partial charge in [-0.05, 0) is 30.3 Å². The van der Waals surface area contributed by atoms with Crippen molar-refractivity contribution in [3.8, 4) is 11.5 Å². The molecule has 1 amide bonds. The molecule has 0 radical (unpaired) electrons. The van der Waals surface area contributed by atoms with Crippen LogP contribution in [0.3, 0.4) is 0 Å². The molecule has 0 aliphatic heterocycles. The smallest absolute Gasteiger partial charge is 0.253 e. The second-order valence-corrected chi connectivity index (χ2v) is 4.37. The number of benzene rings is 2. The molecule has 2 aromatic rings. The number of para-hydroxylation sites is 1. The predicted octanol–water partition coefficient (Wildman–Crippen LogP) is 2.76. The van der Waals surface area contributed by atoms with Crippen molar-refractivity contribution in [2.24, 2.45) is 0 Å². The third kappa shape index (κ3) is 3.04. The standard InChI is InChI=1S/C15H16N2O2/c1-17(2)15(18)11-8-9-14(13(16)10-11)19-12-6-4-3-5-7-12/h3-10H,16H2,1-2H3. The third-order valence-electron chi connectivity index (χ3n) is 2.63. The Morgan fingerprint density at radius 1 is 1.11 bits per heavy atom. The number of hydrogen-bond donors (Lipinski definition) is 1. The van der Waals surface area contributed by atoms with Gasteiger partial charge in [0.25, 0.3) is 5.91 Å². The summed E-state index contributed by atoms with van der Waals surface area (Å²) in [5.41, 5.74) is 6.90. The second-order valence-electron chi connectivity index (χ2n) is 4.37. The molecule has 19 heavy (non-hydrogen) atoms. The number of amides is 1. The molecule has 2 aromatic carbocycles. The Labute approximate surface area is 112 Å². The maximum Gasteiger partial charge on any atom is 0.253 e. The van der Waals surface area contributed by atoms with Crippen LogP contribution in [0.25, 0.3) is 0 Å². The summed E-state index contributed by atoms with van der Waals surface area (Å²) in [4.78, 5) is 13.3. The quantitative estimate of drug-likeness (QED) is 0.859. The average molecular weight is 256 g/mol. The number of nitrogen functional groups attached to an aromatic ring is 1. The van der Waals surface area contributed by atoms with Gasteiger partial charge in [0.2, 0.25) is 0 Å². The van der Waals surface area contributed by atoms with Gasteiger partial charge in [0.15, 0.2) is 0 Å². The lowest BCUT2D eigenvalue weighted by Crippen LogP contribution is -2.21. The molecule has 0 heterocycles. The van der Waals surface area contributed by atoms with E-state index in [9.17, 15) is 4.79 Å². The van der Waals surface area contributed by atoms with Gasteiger partial charge in [-0.2, -0.15) is 0 Å². The van der Waals surface area contributed by atoms with Crippen molar-refractivity contribution in [3.63, 3.8) is 0 Å². The maximum atomic E-state index is 11.8. The summed E-state index contributed by atoms with van der Waals surface area (Å²) in [6.07, 6.45) is 0. The number of carbonyl (C=O) groups excluding carboxylic acids is 1. The summed E-state index contributed by atoms with van der Waals surface area (Å²) in [5, 5.41) is 0. The minimum atomic E-state index is -0.0852. The van der Waals surface area contributed by atoms with Gasteiger partial charge in [-0.1, -0.05) is 18.2 Å². The molecule has 0 atom stereocenters. The molecule has 0 saturated carbocycles. The van der Waals surface area contributed by atoms with E-state index < -0.39 is 0 Å². The van der Waals surface area contributed by atoms with Crippen LogP contribution in [0.15, 0.2) is 48.5 Å². The first-order chi connectivity index (χ1) is 9.08. The van der Waals surface area contributed by atoms with Gasteiger partial charge >= 0.3 is 0 Å². The fourth-order valence-corrected chi connectivity index (χ4v) is 1.65. The molecular weight excluding hydrogens is 240 g/mol. The molecule has 98 valence electrons. The molecule has 2 rings (SSSR count). The van der Waals surface area contributed by atoms with Crippen LogP contribution >= 0.6 is 0 Å². The van der Waals surface area contributed by atoms with Crippen molar-refractivity contribution in [1.82, 2.24) is 4.90 Å². The van der Waals surface area contributed by atoms with E-state index in [0.717, 1.165) is 0 Å². The number of hydrogen-bond acceptors (Lipinski definition) is 3. The van der Waals surface area contributed by atoms with Gasteiger partial charge in [-0.3, -0.25) is 4.79 Å². The molecule has 0 unspecified atom stereocenters. The zero-order valence-corrected chi connectivity index (χ0v) is 11.0. The second kappa shape index (κ2) is 5.44. The first-order valence-electron chi connectivity index (χ1n) is 5.92. The molecule has 0 fully saturated rings. The minimum Gasteiger partial charge on any atom is -0.455 e. The molecule has 2 N–H and O–H groups in total. The van der Waals surface area contributed by atoms with Gasteiger partial charge < -0.3 is 15.4 Å². The van der Waals surface area contributed by atoms with Crippen LogP contribution < -0.4 is 10.5 Å². The van der Waals surface area contributed by atoms with E-state index in [2.05, 4.69) is 0 Å². The summed E-state index contributed by atoms with van der Waals surface area (Å²) < 4.78 is 5.65. The molecule has 0 bridgehead atoms. The SMILES string of the molecule is CN(C)C(=O)c1ccc(Oc2ccccc2)c(N)c1. The van der Waals surface area contributed by atoms with E-state index in [4.69, 9.17) is 10.5 Å². The number of nitrogens with zero attached hydrogens (tertiary/aromatic N) is 1. The number of carbonyl (C=O) groups is 1. The van der Waals surface area contributed by atoms with Crippen LogP contribution in [0.5, 0.6) is 11.5 Å². The number of ether oxygens (including phenoxy) is 1. The normalized spacial score (nSPS) is 10.0. The highest BCUT2D eigenvalue weighted by Gasteiger charge is 2.10. The number of nitrogens with two attached hydrogens (primary N) is 1. The van der Waals surface area contributed by atoms with Crippen molar-refractivity contribution in [2.75, 3.05) is 19.8 Å². The average Bonchev–Trinajstić information content (AvgIpc) is 2.41. The molecule has 0 aliphatic rings. The number of anilines is 1. The van der Waals surface area contributed by atoms with E-state index in [1.54, 1.807) is 32.3 Å². The van der Waals surface area contributed by atoms with Crippen molar-refractivity contribution in [1.29, 1.82) is 0 Å². The van der Waals surface area contributed by atoms with Crippen molar-refractivity contribution in [2.45, 2.75) is 0 Å². The van der Waals surface area contributed by atoms with Crippen LogP contribution in [0, 0.1) is 0 Å². The lowest BCUT2D eigenvalue weighted by molar-refractivity contribution is 0.0827. The van der Waals surface area contributed by atoms with Crippen molar-refractivity contribution in [3.05, 3.63) is 54.1 Å². The van der Waals surface area contributed by atoms with Crippen molar-refractivity contribution >= 4 is 11.6 Å². The zero-order chi connectivity index (χ0) is 13.8. The Bertz CT molecular complexity index is 580. The lowest BCUT2D eigenvalue weighted by Gasteiger charge is -2.13. The largest absolute Gasteiger partial charge is 0.455 e. The van der Waals surface area contributed by atoms with Gasteiger partial charge in [0.1, 0.15) is 11.5 Å². The Kier molecular flexibility index (Phi) is 3.71. The van der Waals surface area contributed by atoms with Gasteiger partial charge in [-0.15, -0.1) is 0 Å². The molecule has 0 aromatic heterocycles. The van der Waals surface area contributed by atoms with E-state index in [1.807, 2.05) is 30.3 Å². The lowest BCUT2D eigenvalue weighted by atomic mass is 10.1. The fourth-order valence-electron chi connectivity index (χ4n) is 1.65. The van der Waals surface area contributed by atoms with Gasteiger partial charge in [-0.25, -0.2) is 0 Å². The van der Waals surface area contributed by atoms with E-state index in [-0.39, 0.29) is 5.91 Å². The van der Waals surface area contributed by atoms with Crippen LogP contribution in [0.1, 0.15) is 10.4 Å². The Morgan fingerprint density at radius 2 is 1.79 bits per heavy atom. The third-order valence-corrected chi connectivity index (χ3v) is 2.63. The number of rotatable bonds is 3. The highest BCUT2D eigenvalue weighted by Crippen LogP contribution is 2.28. The summed E-state index contributed by atoms with van der Waals surface area (Å²) in [5.74, 6) is 1.17.